The van der Waals surface area contributed by atoms with Crippen molar-refractivity contribution in [1.82, 2.24) is 0 Å². The van der Waals surface area contributed by atoms with Gasteiger partial charge in [0, 0.05) is 11.5 Å². The number of carbonyl (C=O) groups excluding carboxylic acids is 2. The summed E-state index contributed by atoms with van der Waals surface area (Å²) in [6, 6.07) is 9.28. The molecule has 0 radical (unpaired) electrons. The molecule has 4 unspecified atom stereocenters. The van der Waals surface area contributed by atoms with Crippen molar-refractivity contribution in [3.8, 4) is 0 Å². The molecule has 4 nitrogen and oxygen atoms in total. The van der Waals surface area contributed by atoms with E-state index in [1.807, 2.05) is 36.4 Å². The second-order valence-corrected chi connectivity index (χ2v) is 7.41. The third-order valence-corrected chi connectivity index (χ3v) is 6.97. The Bertz CT molecular complexity index is 718. The highest BCUT2D eigenvalue weighted by atomic mass is 32.2. The highest BCUT2D eigenvalue weighted by Crippen LogP contribution is 2.67. The third-order valence-electron chi connectivity index (χ3n) is 5.65. The number of rotatable bonds is 1. The van der Waals surface area contributed by atoms with E-state index in [0.29, 0.717) is 17.2 Å². The molecule has 5 heteroatoms. The van der Waals surface area contributed by atoms with Crippen LogP contribution < -0.4 is 4.90 Å². The van der Waals surface area contributed by atoms with Gasteiger partial charge in [-0.15, -0.1) is 0 Å². The van der Waals surface area contributed by atoms with E-state index in [1.165, 1.54) is 4.90 Å². The van der Waals surface area contributed by atoms with E-state index in [0.717, 1.165) is 6.42 Å². The van der Waals surface area contributed by atoms with Gasteiger partial charge in [-0.3, -0.25) is 9.59 Å². The predicted molar refractivity (Wildman–Crippen MR) is 83.5 cm³/mol. The molecule has 4 atom stereocenters. The predicted octanol–water partition coefficient (Wildman–Crippen LogP) is 2.01. The smallest absolute Gasteiger partial charge is 0.245 e. The maximum Gasteiger partial charge on any atom is 0.245 e. The number of hydrogen-bond donors (Lipinski definition) is 0. The molecule has 4 aliphatic heterocycles. The van der Waals surface area contributed by atoms with Crippen molar-refractivity contribution in [2.75, 3.05) is 16.4 Å². The van der Waals surface area contributed by atoms with Crippen LogP contribution in [0.3, 0.4) is 0 Å². The summed E-state index contributed by atoms with van der Waals surface area (Å²) in [5.41, 5.74) is -0.708. The molecule has 1 aromatic carbocycles. The molecule has 22 heavy (non-hydrogen) atoms. The molecule has 0 N–H and O–H groups in total. The minimum Gasteiger partial charge on any atom is -0.368 e. The van der Waals surface area contributed by atoms with Crippen LogP contribution in [0.2, 0.25) is 0 Å². The van der Waals surface area contributed by atoms with E-state index in [1.54, 1.807) is 11.8 Å². The van der Waals surface area contributed by atoms with Gasteiger partial charge in [-0.1, -0.05) is 30.4 Å². The number of thioether (sulfide) groups is 1. The van der Waals surface area contributed by atoms with Gasteiger partial charge in [0.1, 0.15) is 10.8 Å². The van der Waals surface area contributed by atoms with Crippen LogP contribution in [-0.4, -0.2) is 35.5 Å². The standard InChI is InChI=1S/C17H15NO3S/c19-14-16-9-22-10-17(16,13-8-4-7-12(16)21-13)15(20)18(14)11-5-2-1-3-6-11/h1-7,12-13H,8-10H2. The molecule has 0 saturated carbocycles. The van der Waals surface area contributed by atoms with Crippen LogP contribution >= 0.6 is 11.8 Å². The molecule has 1 aromatic rings. The summed E-state index contributed by atoms with van der Waals surface area (Å²) in [5, 5.41) is 0. The molecular formula is C17H15NO3S. The van der Waals surface area contributed by atoms with Crippen LogP contribution in [0.4, 0.5) is 5.69 Å². The Kier molecular flexibility index (Phi) is 2.36. The van der Waals surface area contributed by atoms with Gasteiger partial charge in [0.05, 0.1) is 17.9 Å². The van der Waals surface area contributed by atoms with Crippen LogP contribution in [-0.2, 0) is 14.3 Å². The average Bonchev–Trinajstić information content (AvgIpc) is 3.10. The lowest BCUT2D eigenvalue weighted by Crippen LogP contribution is -2.47. The van der Waals surface area contributed by atoms with Crippen molar-refractivity contribution in [1.29, 1.82) is 0 Å². The van der Waals surface area contributed by atoms with Crippen molar-refractivity contribution >= 4 is 29.3 Å². The zero-order valence-corrected chi connectivity index (χ0v) is 12.7. The zero-order valence-electron chi connectivity index (χ0n) is 11.9. The van der Waals surface area contributed by atoms with Gasteiger partial charge >= 0.3 is 0 Å². The summed E-state index contributed by atoms with van der Waals surface area (Å²) in [7, 11) is 0. The second kappa shape index (κ2) is 4.03. The number of nitrogens with zero attached hydrogens (tertiary/aromatic N) is 1. The zero-order chi connectivity index (χ0) is 14.9. The number of imide groups is 1. The van der Waals surface area contributed by atoms with Crippen LogP contribution in [0.5, 0.6) is 0 Å². The maximum absolute atomic E-state index is 13.3. The fraction of sp³-hybridized carbons (Fsp3) is 0.412. The number of benzene rings is 1. The highest BCUT2D eigenvalue weighted by molar-refractivity contribution is 7.99. The molecule has 112 valence electrons. The number of para-hydroxylation sites is 1. The molecule has 3 fully saturated rings. The van der Waals surface area contributed by atoms with Gasteiger partial charge in [0.25, 0.3) is 0 Å². The van der Waals surface area contributed by atoms with E-state index >= 15 is 0 Å². The summed E-state index contributed by atoms with van der Waals surface area (Å²) < 4.78 is 6.07. The van der Waals surface area contributed by atoms with Gasteiger partial charge < -0.3 is 4.74 Å². The van der Waals surface area contributed by atoms with Crippen molar-refractivity contribution in [3.05, 3.63) is 42.5 Å². The number of ether oxygens (including phenoxy) is 1. The van der Waals surface area contributed by atoms with E-state index in [2.05, 4.69) is 6.08 Å². The Hall–Kier alpha value is -1.59. The van der Waals surface area contributed by atoms with Gasteiger partial charge in [-0.05, 0) is 18.6 Å². The van der Waals surface area contributed by atoms with E-state index in [4.69, 9.17) is 4.74 Å². The van der Waals surface area contributed by atoms with E-state index in [-0.39, 0.29) is 24.0 Å². The Morgan fingerprint density at radius 2 is 1.82 bits per heavy atom. The van der Waals surface area contributed by atoms with Crippen molar-refractivity contribution in [3.63, 3.8) is 0 Å². The van der Waals surface area contributed by atoms with Crippen LogP contribution in [0, 0.1) is 10.8 Å². The molecule has 0 aliphatic carbocycles. The van der Waals surface area contributed by atoms with E-state index < -0.39 is 10.8 Å². The first-order chi connectivity index (χ1) is 10.7. The summed E-state index contributed by atoms with van der Waals surface area (Å²) in [6.07, 6.45) is 4.36. The maximum atomic E-state index is 13.3. The Balaban J connectivity index is 1.73. The fourth-order valence-corrected chi connectivity index (χ4v) is 6.47. The van der Waals surface area contributed by atoms with Gasteiger partial charge in [-0.25, -0.2) is 4.90 Å². The average molecular weight is 313 g/mol. The summed E-state index contributed by atoms with van der Waals surface area (Å²) in [4.78, 5) is 28.1. The lowest BCUT2D eigenvalue weighted by atomic mass is 9.64. The Morgan fingerprint density at radius 1 is 1.09 bits per heavy atom. The normalized spacial score (nSPS) is 41.9. The Morgan fingerprint density at radius 3 is 2.64 bits per heavy atom. The lowest BCUT2D eigenvalue weighted by molar-refractivity contribution is -0.129. The van der Waals surface area contributed by atoms with Gasteiger partial charge in [-0.2, -0.15) is 11.8 Å². The molecule has 4 heterocycles. The second-order valence-electron chi connectivity index (χ2n) is 6.43. The number of carbonyl (C=O) groups is 2. The van der Waals surface area contributed by atoms with Crippen LogP contribution in [0.15, 0.2) is 42.5 Å². The summed E-state index contributed by atoms with van der Waals surface area (Å²) >= 11 is 1.72. The van der Waals surface area contributed by atoms with Crippen molar-refractivity contribution in [2.45, 2.75) is 18.6 Å². The topological polar surface area (TPSA) is 46.6 Å². The minimum atomic E-state index is -0.706. The quantitative estimate of drug-likeness (QED) is 0.588. The number of fused-ring (bicyclic) bond motifs is 2. The summed E-state index contributed by atoms with van der Waals surface area (Å²) in [6.45, 7) is 0. The van der Waals surface area contributed by atoms with E-state index in [9.17, 15) is 9.59 Å². The first-order valence-electron chi connectivity index (χ1n) is 7.56. The monoisotopic (exact) mass is 313 g/mol. The fourth-order valence-electron chi connectivity index (χ4n) is 4.62. The molecule has 2 amide bonds. The molecule has 2 bridgehead atoms. The SMILES string of the molecule is O=C1N(c2ccccc2)C(=O)C23CSCC12C1C=CCC3O1. The first-order valence-corrected chi connectivity index (χ1v) is 8.71. The molecule has 0 spiro atoms. The largest absolute Gasteiger partial charge is 0.368 e. The minimum absolute atomic E-state index is 0.0649. The lowest BCUT2D eigenvalue weighted by Gasteiger charge is -2.29. The number of anilines is 1. The molecule has 4 aliphatic rings. The number of amides is 2. The molecular weight excluding hydrogens is 298 g/mol. The highest BCUT2D eigenvalue weighted by Gasteiger charge is 2.81. The molecule has 5 rings (SSSR count). The third kappa shape index (κ3) is 1.16. The van der Waals surface area contributed by atoms with Crippen LogP contribution in [0.1, 0.15) is 6.42 Å². The number of hydrogen-bond acceptors (Lipinski definition) is 4. The first kappa shape index (κ1) is 12.9. The van der Waals surface area contributed by atoms with Crippen molar-refractivity contribution in [2.24, 2.45) is 10.8 Å². The summed E-state index contributed by atoms with van der Waals surface area (Å²) in [5.74, 6) is 1.22. The van der Waals surface area contributed by atoms with Crippen LogP contribution in [0.25, 0.3) is 0 Å². The van der Waals surface area contributed by atoms with Gasteiger partial charge in [0.15, 0.2) is 0 Å². The Labute approximate surface area is 132 Å². The van der Waals surface area contributed by atoms with Crippen molar-refractivity contribution < 1.29 is 14.3 Å². The van der Waals surface area contributed by atoms with Gasteiger partial charge in [0.2, 0.25) is 11.8 Å². The molecule has 3 saturated heterocycles. The molecule has 0 aromatic heterocycles.